The van der Waals surface area contributed by atoms with Gasteiger partial charge in [-0.05, 0) is 94.3 Å². The molecule has 0 saturated heterocycles. The number of hydrogen-bond acceptors (Lipinski definition) is 3. The quantitative estimate of drug-likeness (QED) is 0.187. The summed E-state index contributed by atoms with van der Waals surface area (Å²) >= 11 is 0. The predicted molar refractivity (Wildman–Crippen MR) is 218 cm³/mol. The molecular weight excluding hydrogens is 649 g/mol. The van der Waals surface area contributed by atoms with E-state index < -0.39 is 0 Å². The Kier molecular flexibility index (Phi) is 5.71. The van der Waals surface area contributed by atoms with Crippen molar-refractivity contribution in [2.45, 2.75) is 0 Å². The van der Waals surface area contributed by atoms with Crippen molar-refractivity contribution in [2.24, 2.45) is 0 Å². The van der Waals surface area contributed by atoms with Gasteiger partial charge in [0.1, 0.15) is 11.1 Å². The summed E-state index contributed by atoms with van der Waals surface area (Å²) < 4.78 is 11.3. The van der Waals surface area contributed by atoms with Gasteiger partial charge in [0, 0.05) is 38.2 Å². The lowest BCUT2D eigenvalue weighted by molar-refractivity contribution is 0.662. The van der Waals surface area contributed by atoms with Crippen LogP contribution < -0.4 is 0 Å². The van der Waals surface area contributed by atoms with E-state index in [-0.39, 0.29) is 0 Å². The van der Waals surface area contributed by atoms with Gasteiger partial charge in [-0.3, -0.25) is 4.57 Å². The highest BCUT2D eigenvalue weighted by Gasteiger charge is 2.23. The molecule has 12 aromatic rings. The molecular formula is C48H28N4O. The Balaban J connectivity index is 1.20. The Labute approximate surface area is 302 Å². The average molecular weight is 677 g/mol. The minimum Gasteiger partial charge on any atom is -0.450 e. The molecule has 0 spiro atoms. The van der Waals surface area contributed by atoms with Crippen LogP contribution in [0.5, 0.6) is 0 Å². The van der Waals surface area contributed by atoms with E-state index in [0.29, 0.717) is 11.4 Å². The van der Waals surface area contributed by atoms with E-state index in [0.717, 1.165) is 61.0 Å². The zero-order chi connectivity index (χ0) is 34.6. The lowest BCUT2D eigenvalue weighted by atomic mass is 10.0. The highest BCUT2D eigenvalue weighted by atomic mass is 16.3. The van der Waals surface area contributed by atoms with E-state index in [9.17, 15) is 0 Å². The topological polar surface area (TPSA) is 48.8 Å². The first-order chi connectivity index (χ1) is 26.3. The maximum atomic E-state index is 6.70. The molecule has 0 fully saturated rings. The van der Waals surface area contributed by atoms with Crippen LogP contribution in [0.25, 0.3) is 110 Å². The average Bonchev–Trinajstić information content (AvgIpc) is 3.86. The molecule has 0 bridgehead atoms. The number of furan rings is 1. The van der Waals surface area contributed by atoms with Gasteiger partial charge in [0.15, 0.2) is 17.2 Å². The second-order valence-electron chi connectivity index (χ2n) is 13.8. The van der Waals surface area contributed by atoms with E-state index in [2.05, 4.69) is 161 Å². The summed E-state index contributed by atoms with van der Waals surface area (Å²) in [5.41, 5.74) is 8.75. The molecule has 5 heteroatoms. The third-order valence-corrected chi connectivity index (χ3v) is 10.9. The van der Waals surface area contributed by atoms with Gasteiger partial charge in [0.25, 0.3) is 0 Å². The molecule has 0 aliphatic rings. The Morgan fingerprint density at radius 1 is 0.396 bits per heavy atom. The third kappa shape index (κ3) is 4.07. The molecule has 0 radical (unpaired) electrons. The van der Waals surface area contributed by atoms with Crippen LogP contribution in [0.4, 0.5) is 0 Å². The first-order valence-electron chi connectivity index (χ1n) is 17.9. The molecule has 8 aromatic carbocycles. The van der Waals surface area contributed by atoms with Crippen LogP contribution in [0.15, 0.2) is 174 Å². The van der Waals surface area contributed by atoms with Crippen LogP contribution in [0.3, 0.4) is 0 Å². The first-order valence-corrected chi connectivity index (χ1v) is 17.9. The van der Waals surface area contributed by atoms with Gasteiger partial charge < -0.3 is 8.98 Å². The van der Waals surface area contributed by atoms with Crippen molar-refractivity contribution >= 4 is 87.2 Å². The molecule has 0 atom stereocenters. The molecule has 0 aliphatic heterocycles. The SMILES string of the molecule is c1ccc(-n2c3ccccc3c3cc(-c4nc(-n5c6cc7ccccc7cc6c6cc7ccccc7cc65)c5oc6ccccc6c5n4)ccc32)cc1. The summed E-state index contributed by atoms with van der Waals surface area (Å²) in [7, 11) is 0. The Hall–Kier alpha value is -7.24. The summed E-state index contributed by atoms with van der Waals surface area (Å²) in [6, 6.07) is 60.2. The Morgan fingerprint density at radius 2 is 0.962 bits per heavy atom. The number of rotatable bonds is 3. The van der Waals surface area contributed by atoms with Crippen LogP contribution in [0.2, 0.25) is 0 Å². The molecule has 0 unspecified atom stereocenters. The van der Waals surface area contributed by atoms with Gasteiger partial charge in [-0.25, -0.2) is 9.97 Å². The molecule has 246 valence electrons. The standard InChI is InChI=1S/C48H28N4O/c1-2-16-34(17-3-1)51-40-20-10-8-18-35(40)37-26-33(22-23-41(37)51)47-49-45-36-19-9-11-21-44(36)53-46(45)48(50-47)52-42-27-31-14-6-4-12-29(31)24-38(42)39-25-30-13-5-7-15-32(30)28-43(39)52/h1-28H. The van der Waals surface area contributed by atoms with E-state index >= 15 is 0 Å². The van der Waals surface area contributed by atoms with Crippen LogP contribution in [0, 0.1) is 0 Å². The molecule has 4 heterocycles. The molecule has 0 N–H and O–H groups in total. The highest BCUT2D eigenvalue weighted by Crippen LogP contribution is 2.41. The zero-order valence-corrected chi connectivity index (χ0v) is 28.4. The summed E-state index contributed by atoms with van der Waals surface area (Å²) in [6.07, 6.45) is 0. The van der Waals surface area contributed by atoms with Gasteiger partial charge in [-0.15, -0.1) is 0 Å². The maximum Gasteiger partial charge on any atom is 0.197 e. The summed E-state index contributed by atoms with van der Waals surface area (Å²) in [5.74, 6) is 1.37. The Bertz CT molecular complexity index is 3370. The molecule has 12 rings (SSSR count). The van der Waals surface area contributed by atoms with Gasteiger partial charge in [0.05, 0.1) is 22.1 Å². The molecule has 53 heavy (non-hydrogen) atoms. The van der Waals surface area contributed by atoms with Crippen LogP contribution in [-0.2, 0) is 0 Å². The zero-order valence-electron chi connectivity index (χ0n) is 28.4. The van der Waals surface area contributed by atoms with Crippen LogP contribution in [0.1, 0.15) is 0 Å². The van der Waals surface area contributed by atoms with Crippen molar-refractivity contribution in [2.75, 3.05) is 0 Å². The minimum absolute atomic E-state index is 0.647. The van der Waals surface area contributed by atoms with Gasteiger partial charge in [-0.1, -0.05) is 97.1 Å². The number of nitrogens with zero attached hydrogens (tertiary/aromatic N) is 4. The van der Waals surface area contributed by atoms with Crippen molar-refractivity contribution in [3.63, 3.8) is 0 Å². The summed E-state index contributed by atoms with van der Waals surface area (Å²) in [5, 5.41) is 10.4. The van der Waals surface area contributed by atoms with Crippen LogP contribution >= 0.6 is 0 Å². The number of hydrogen-bond donors (Lipinski definition) is 0. The van der Waals surface area contributed by atoms with E-state index in [1.807, 2.05) is 18.2 Å². The molecule has 5 nitrogen and oxygen atoms in total. The summed E-state index contributed by atoms with van der Waals surface area (Å²) in [4.78, 5) is 10.8. The van der Waals surface area contributed by atoms with Crippen LogP contribution in [-0.4, -0.2) is 19.1 Å². The largest absolute Gasteiger partial charge is 0.450 e. The van der Waals surface area contributed by atoms with Crippen molar-refractivity contribution in [1.82, 2.24) is 19.1 Å². The monoisotopic (exact) mass is 676 g/mol. The molecule has 4 aromatic heterocycles. The van der Waals surface area contributed by atoms with Crippen molar-refractivity contribution < 1.29 is 4.42 Å². The number of aromatic nitrogens is 4. The maximum absolute atomic E-state index is 6.70. The second-order valence-corrected chi connectivity index (χ2v) is 13.8. The fourth-order valence-corrected chi connectivity index (χ4v) is 8.44. The number of para-hydroxylation sites is 3. The first kappa shape index (κ1) is 28.5. The van der Waals surface area contributed by atoms with Crippen molar-refractivity contribution in [3.05, 3.63) is 170 Å². The second kappa shape index (κ2) is 10.6. The predicted octanol–water partition coefficient (Wildman–Crippen LogP) is 12.5. The van der Waals surface area contributed by atoms with Gasteiger partial charge in [-0.2, -0.15) is 0 Å². The van der Waals surface area contributed by atoms with E-state index in [1.54, 1.807) is 0 Å². The fourth-order valence-electron chi connectivity index (χ4n) is 8.44. The van der Waals surface area contributed by atoms with Gasteiger partial charge >= 0.3 is 0 Å². The lowest BCUT2D eigenvalue weighted by Gasteiger charge is -2.11. The van der Waals surface area contributed by atoms with Crippen molar-refractivity contribution in [1.29, 1.82) is 0 Å². The normalized spacial score (nSPS) is 12.2. The smallest absolute Gasteiger partial charge is 0.197 e. The molecule has 0 amide bonds. The number of fused-ring (bicyclic) bond motifs is 11. The minimum atomic E-state index is 0.647. The fraction of sp³-hybridized carbons (Fsp3) is 0. The molecule has 0 saturated carbocycles. The molecule has 0 aliphatic carbocycles. The van der Waals surface area contributed by atoms with Crippen molar-refractivity contribution in [3.8, 4) is 22.9 Å². The summed E-state index contributed by atoms with van der Waals surface area (Å²) in [6.45, 7) is 0. The van der Waals surface area contributed by atoms with E-state index in [4.69, 9.17) is 14.4 Å². The van der Waals surface area contributed by atoms with Gasteiger partial charge in [0.2, 0.25) is 0 Å². The third-order valence-electron chi connectivity index (χ3n) is 10.9. The highest BCUT2D eigenvalue weighted by molar-refractivity contribution is 6.18. The number of benzene rings is 8. The Morgan fingerprint density at radius 3 is 1.68 bits per heavy atom. The lowest BCUT2D eigenvalue weighted by Crippen LogP contribution is -2.02. The van der Waals surface area contributed by atoms with E-state index in [1.165, 1.54) is 37.7 Å².